The third-order valence-electron chi connectivity index (χ3n) is 2.02. The number of aliphatic hydroxyl groups excluding tert-OH is 1. The first-order valence-electron chi connectivity index (χ1n) is 4.22. The Morgan fingerprint density at radius 1 is 1.20 bits per heavy atom. The Morgan fingerprint density at radius 2 is 1.87 bits per heavy atom. The van der Waals surface area contributed by atoms with Crippen LogP contribution in [0, 0.1) is 0 Å². The number of thiophene rings is 1. The minimum Gasteiger partial charge on any atom is -0.379 e. The monoisotopic (exact) mass is 232 g/mol. The molecule has 0 fully saturated rings. The van der Waals surface area contributed by atoms with E-state index in [0.29, 0.717) is 0 Å². The molecule has 0 unspecified atom stereocenters. The molecule has 0 radical (unpaired) electrons. The van der Waals surface area contributed by atoms with Crippen LogP contribution in [0.5, 0.6) is 0 Å². The molecule has 0 aliphatic heterocycles. The molecule has 0 bridgehead atoms. The van der Waals surface area contributed by atoms with E-state index in [1.807, 2.05) is 0 Å². The Hall–Kier alpha value is -1.07. The van der Waals surface area contributed by atoms with Crippen LogP contribution < -0.4 is 0 Å². The normalized spacial score (nSPS) is 14.4. The second-order valence-corrected chi connectivity index (χ2v) is 4.25. The lowest BCUT2D eigenvalue weighted by Crippen LogP contribution is -2.18. The molecule has 0 saturated heterocycles. The van der Waals surface area contributed by atoms with Gasteiger partial charge < -0.3 is 5.11 Å². The first kappa shape index (κ1) is 10.4. The Labute approximate surface area is 87.8 Å². The Bertz CT molecular complexity index is 442. The molecule has 1 heterocycles. The van der Waals surface area contributed by atoms with Crippen LogP contribution in [0.4, 0.5) is 13.2 Å². The van der Waals surface area contributed by atoms with Gasteiger partial charge in [-0.2, -0.15) is 13.2 Å². The number of hydrogen-bond acceptors (Lipinski definition) is 2. The lowest BCUT2D eigenvalue weighted by molar-refractivity contribution is -0.205. The van der Waals surface area contributed by atoms with Gasteiger partial charge in [0.1, 0.15) is 0 Å². The number of benzene rings is 1. The number of alkyl halides is 3. The quantitative estimate of drug-likeness (QED) is 0.797. The number of halogens is 3. The van der Waals surface area contributed by atoms with E-state index in [1.54, 1.807) is 24.3 Å². The highest BCUT2D eigenvalue weighted by Gasteiger charge is 2.40. The lowest BCUT2D eigenvalue weighted by atomic mass is 10.2. The summed E-state index contributed by atoms with van der Waals surface area (Å²) in [7, 11) is 0. The van der Waals surface area contributed by atoms with Crippen LogP contribution in [-0.4, -0.2) is 11.3 Å². The van der Waals surface area contributed by atoms with E-state index in [9.17, 15) is 13.2 Å². The van der Waals surface area contributed by atoms with Crippen molar-refractivity contribution in [1.29, 1.82) is 0 Å². The summed E-state index contributed by atoms with van der Waals surface area (Å²) in [6, 6.07) is 8.32. The largest absolute Gasteiger partial charge is 0.419 e. The molecular formula is C10H7F3OS. The van der Waals surface area contributed by atoms with E-state index in [-0.39, 0.29) is 4.88 Å². The van der Waals surface area contributed by atoms with E-state index < -0.39 is 12.3 Å². The first-order chi connectivity index (χ1) is 6.98. The van der Waals surface area contributed by atoms with Gasteiger partial charge in [-0.15, -0.1) is 11.3 Å². The van der Waals surface area contributed by atoms with Crippen LogP contribution in [0.25, 0.3) is 10.1 Å². The number of hydrogen-bond donors (Lipinski definition) is 1. The zero-order valence-electron chi connectivity index (χ0n) is 7.45. The molecule has 1 nitrogen and oxygen atoms in total. The molecule has 2 aromatic rings. The molecule has 0 spiro atoms. The fraction of sp³-hybridized carbons (Fsp3) is 0.200. The predicted molar refractivity (Wildman–Crippen MR) is 52.8 cm³/mol. The van der Waals surface area contributed by atoms with Crippen molar-refractivity contribution in [1.82, 2.24) is 0 Å². The Morgan fingerprint density at radius 3 is 2.47 bits per heavy atom. The van der Waals surface area contributed by atoms with Gasteiger partial charge in [-0.1, -0.05) is 18.2 Å². The third kappa shape index (κ3) is 1.98. The van der Waals surface area contributed by atoms with Gasteiger partial charge >= 0.3 is 6.18 Å². The van der Waals surface area contributed by atoms with Crippen LogP contribution in [-0.2, 0) is 0 Å². The molecule has 0 saturated carbocycles. The van der Waals surface area contributed by atoms with Crippen molar-refractivity contribution in [3.8, 4) is 0 Å². The second kappa shape index (κ2) is 3.50. The van der Waals surface area contributed by atoms with Gasteiger partial charge in [0.25, 0.3) is 0 Å². The standard InChI is InChI=1S/C10H7F3OS/c11-10(12,13)9(14)8-5-6-3-1-2-4-7(6)15-8/h1-5,9,14H/t9-/m1/s1. The summed E-state index contributed by atoms with van der Waals surface area (Å²) in [6.45, 7) is 0. The van der Waals surface area contributed by atoms with E-state index in [0.717, 1.165) is 21.4 Å². The zero-order valence-corrected chi connectivity index (χ0v) is 8.27. The van der Waals surface area contributed by atoms with Crippen molar-refractivity contribution in [2.24, 2.45) is 0 Å². The molecule has 5 heteroatoms. The highest BCUT2D eigenvalue weighted by Crippen LogP contribution is 2.38. The Balaban J connectivity index is 2.45. The maximum atomic E-state index is 12.2. The third-order valence-corrected chi connectivity index (χ3v) is 3.19. The van der Waals surface area contributed by atoms with Crippen LogP contribution in [0.1, 0.15) is 11.0 Å². The SMILES string of the molecule is O[C@H](c1cc2ccccc2s1)C(F)(F)F. The maximum absolute atomic E-state index is 12.2. The average Bonchev–Trinajstić information content (AvgIpc) is 2.58. The molecule has 1 aromatic heterocycles. The molecule has 15 heavy (non-hydrogen) atoms. The van der Waals surface area contributed by atoms with Crippen molar-refractivity contribution in [3.63, 3.8) is 0 Å². The zero-order chi connectivity index (χ0) is 11.1. The van der Waals surface area contributed by atoms with E-state index >= 15 is 0 Å². The van der Waals surface area contributed by atoms with Crippen molar-refractivity contribution >= 4 is 21.4 Å². The van der Waals surface area contributed by atoms with E-state index in [4.69, 9.17) is 5.11 Å². The summed E-state index contributed by atoms with van der Waals surface area (Å²) in [4.78, 5) is -0.0660. The molecule has 0 amide bonds. The average molecular weight is 232 g/mol. The van der Waals surface area contributed by atoms with Crippen molar-refractivity contribution in [2.75, 3.05) is 0 Å². The maximum Gasteiger partial charge on any atom is 0.419 e. The summed E-state index contributed by atoms with van der Waals surface area (Å²) in [5.74, 6) is 0. The fourth-order valence-electron chi connectivity index (χ4n) is 1.30. The molecule has 2 rings (SSSR count). The summed E-state index contributed by atoms with van der Waals surface area (Å²) in [5.41, 5.74) is 0. The van der Waals surface area contributed by atoms with Crippen molar-refractivity contribution in [3.05, 3.63) is 35.2 Å². The van der Waals surface area contributed by atoms with Gasteiger partial charge in [0.15, 0.2) is 6.10 Å². The van der Waals surface area contributed by atoms with Crippen LogP contribution in [0.3, 0.4) is 0 Å². The Kier molecular flexibility index (Phi) is 2.44. The molecule has 1 N–H and O–H groups in total. The summed E-state index contributed by atoms with van der Waals surface area (Å²) in [5, 5.41) is 9.77. The summed E-state index contributed by atoms with van der Waals surface area (Å²) < 4.78 is 37.4. The number of aliphatic hydroxyl groups is 1. The minimum atomic E-state index is -4.60. The molecular weight excluding hydrogens is 225 g/mol. The molecule has 1 atom stereocenters. The van der Waals surface area contributed by atoms with E-state index in [2.05, 4.69) is 0 Å². The molecule has 80 valence electrons. The number of rotatable bonds is 1. The van der Waals surface area contributed by atoms with Gasteiger partial charge in [0, 0.05) is 9.58 Å². The smallest absolute Gasteiger partial charge is 0.379 e. The predicted octanol–water partition coefficient (Wildman–Crippen LogP) is 3.50. The van der Waals surface area contributed by atoms with Crippen molar-refractivity contribution < 1.29 is 18.3 Å². The summed E-state index contributed by atoms with van der Waals surface area (Å²) in [6.07, 6.45) is -6.98. The van der Waals surface area contributed by atoms with Gasteiger partial charge in [0.05, 0.1) is 0 Å². The lowest BCUT2D eigenvalue weighted by Gasteiger charge is -2.11. The van der Waals surface area contributed by atoms with Crippen LogP contribution in [0.15, 0.2) is 30.3 Å². The first-order valence-corrected chi connectivity index (χ1v) is 5.03. The topological polar surface area (TPSA) is 20.2 Å². The van der Waals surface area contributed by atoms with Gasteiger partial charge in [-0.05, 0) is 17.5 Å². The molecule has 1 aromatic carbocycles. The fourth-order valence-corrected chi connectivity index (χ4v) is 2.37. The highest BCUT2D eigenvalue weighted by atomic mass is 32.1. The molecule has 0 aliphatic rings. The minimum absolute atomic E-state index is 0.0660. The summed E-state index contributed by atoms with van der Waals surface area (Å²) >= 11 is 0.962. The van der Waals surface area contributed by atoms with Gasteiger partial charge in [-0.3, -0.25) is 0 Å². The van der Waals surface area contributed by atoms with Crippen LogP contribution in [0.2, 0.25) is 0 Å². The van der Waals surface area contributed by atoms with Gasteiger partial charge in [0.2, 0.25) is 0 Å². The van der Waals surface area contributed by atoms with Crippen molar-refractivity contribution in [2.45, 2.75) is 12.3 Å². The van der Waals surface area contributed by atoms with E-state index in [1.165, 1.54) is 6.07 Å². The highest BCUT2D eigenvalue weighted by molar-refractivity contribution is 7.19. The van der Waals surface area contributed by atoms with Crippen LogP contribution >= 0.6 is 11.3 Å². The molecule has 0 aliphatic carbocycles. The second-order valence-electron chi connectivity index (χ2n) is 3.13. The van der Waals surface area contributed by atoms with Gasteiger partial charge in [-0.25, -0.2) is 0 Å². The number of fused-ring (bicyclic) bond motifs is 1.